The predicted octanol–water partition coefficient (Wildman–Crippen LogP) is 5.41. The highest BCUT2D eigenvalue weighted by Gasteiger charge is 2.40. The van der Waals surface area contributed by atoms with E-state index in [2.05, 4.69) is 33.9 Å². The highest BCUT2D eigenvalue weighted by Crippen LogP contribution is 2.38. The lowest BCUT2D eigenvalue weighted by atomic mass is 10.1. The molecule has 0 aliphatic rings. The van der Waals surface area contributed by atoms with Crippen molar-refractivity contribution in [3.8, 4) is 0 Å². The molecule has 1 N–H and O–H groups in total. The Kier molecular flexibility index (Phi) is 8.02. The van der Waals surface area contributed by atoms with Crippen LogP contribution in [0.4, 0.5) is 0 Å². The Morgan fingerprint density at radius 1 is 1.15 bits per heavy atom. The van der Waals surface area contributed by atoms with Crippen molar-refractivity contribution in [1.82, 2.24) is 0 Å². The fourth-order valence-electron chi connectivity index (χ4n) is 2.33. The first-order valence-electron chi connectivity index (χ1n) is 9.32. The second kappa shape index (κ2) is 8.96. The van der Waals surface area contributed by atoms with Gasteiger partial charge in [0.15, 0.2) is 8.32 Å². The highest BCUT2D eigenvalue weighted by atomic mass is 32.2. The van der Waals surface area contributed by atoms with Crippen molar-refractivity contribution in [3.63, 3.8) is 0 Å². The van der Waals surface area contributed by atoms with Crippen LogP contribution < -0.4 is 0 Å². The SMILES string of the molecule is Cc1ccc([S@](=O)/C(=C/C(C)C)[C@@H](O)[C@H](C)O[Si](C)(C)C(C)(C)C)cc1. The summed E-state index contributed by atoms with van der Waals surface area (Å²) in [5.74, 6) is 0.189. The van der Waals surface area contributed by atoms with E-state index < -0.39 is 31.3 Å². The minimum absolute atomic E-state index is 0.0546. The first-order chi connectivity index (χ1) is 11.8. The van der Waals surface area contributed by atoms with Crippen LogP contribution in [0, 0.1) is 12.8 Å². The van der Waals surface area contributed by atoms with Crippen LogP contribution in [0.1, 0.15) is 47.1 Å². The molecule has 148 valence electrons. The lowest BCUT2D eigenvalue weighted by Crippen LogP contribution is -2.46. The molecule has 0 radical (unpaired) electrons. The number of benzene rings is 1. The molecule has 0 spiro atoms. The van der Waals surface area contributed by atoms with Gasteiger partial charge in [0.05, 0.1) is 16.9 Å². The van der Waals surface area contributed by atoms with E-state index in [0.717, 1.165) is 5.56 Å². The van der Waals surface area contributed by atoms with Crippen LogP contribution in [0.25, 0.3) is 0 Å². The van der Waals surface area contributed by atoms with Gasteiger partial charge in [-0.1, -0.05) is 58.4 Å². The topological polar surface area (TPSA) is 46.5 Å². The van der Waals surface area contributed by atoms with Crippen LogP contribution in [0.2, 0.25) is 18.1 Å². The zero-order chi connectivity index (χ0) is 20.3. The number of aryl methyl sites for hydroxylation is 1. The Morgan fingerprint density at radius 2 is 1.65 bits per heavy atom. The Hall–Kier alpha value is -0.753. The van der Waals surface area contributed by atoms with Gasteiger partial charge in [-0.05, 0) is 50.0 Å². The van der Waals surface area contributed by atoms with Crippen LogP contribution in [0.3, 0.4) is 0 Å². The molecule has 1 aromatic carbocycles. The van der Waals surface area contributed by atoms with Crippen LogP contribution in [-0.2, 0) is 15.2 Å². The third-order valence-corrected chi connectivity index (χ3v) is 11.0. The van der Waals surface area contributed by atoms with Gasteiger partial charge in [0.2, 0.25) is 0 Å². The number of aliphatic hydroxyl groups is 1. The second-order valence-corrected chi connectivity index (χ2v) is 15.2. The van der Waals surface area contributed by atoms with Gasteiger partial charge >= 0.3 is 0 Å². The molecule has 26 heavy (non-hydrogen) atoms. The Labute approximate surface area is 163 Å². The summed E-state index contributed by atoms with van der Waals surface area (Å²) >= 11 is 0. The lowest BCUT2D eigenvalue weighted by molar-refractivity contribution is 0.0663. The summed E-state index contributed by atoms with van der Waals surface area (Å²) in [7, 11) is -3.43. The third kappa shape index (κ3) is 6.15. The summed E-state index contributed by atoms with van der Waals surface area (Å²) in [6.45, 7) is 18.8. The summed E-state index contributed by atoms with van der Waals surface area (Å²) in [6, 6.07) is 7.63. The van der Waals surface area contributed by atoms with Crippen molar-refractivity contribution in [2.75, 3.05) is 0 Å². The van der Waals surface area contributed by atoms with Crippen molar-refractivity contribution in [2.45, 2.75) is 83.7 Å². The molecular weight excluding hydrogens is 360 g/mol. The molecule has 0 aromatic heterocycles. The van der Waals surface area contributed by atoms with Crippen molar-refractivity contribution in [3.05, 3.63) is 40.8 Å². The molecule has 0 heterocycles. The van der Waals surface area contributed by atoms with Gasteiger partial charge in [0.1, 0.15) is 6.10 Å². The average Bonchev–Trinajstić information content (AvgIpc) is 2.50. The standard InChI is InChI=1S/C21H36O3SSi/c1-15(2)14-19(25(23)18-12-10-16(3)11-13-18)20(22)17(4)24-26(8,9)21(5,6)7/h10-15,17,20,22H,1-9H3/b19-14+/t17-,20-,25-/m0/s1. The Balaban J connectivity index is 3.13. The van der Waals surface area contributed by atoms with E-state index in [1.165, 1.54) is 0 Å². The van der Waals surface area contributed by atoms with Crippen molar-refractivity contribution >= 4 is 19.1 Å². The van der Waals surface area contributed by atoms with E-state index in [1.54, 1.807) is 0 Å². The monoisotopic (exact) mass is 396 g/mol. The largest absolute Gasteiger partial charge is 0.411 e. The molecule has 5 heteroatoms. The van der Waals surface area contributed by atoms with E-state index in [4.69, 9.17) is 4.43 Å². The maximum atomic E-state index is 13.1. The molecule has 0 fully saturated rings. The minimum atomic E-state index is -2.02. The first-order valence-corrected chi connectivity index (χ1v) is 13.4. The van der Waals surface area contributed by atoms with Crippen LogP contribution in [0.15, 0.2) is 40.1 Å². The molecule has 0 saturated carbocycles. The maximum Gasteiger partial charge on any atom is 0.192 e. The van der Waals surface area contributed by atoms with Gasteiger partial charge in [-0.3, -0.25) is 0 Å². The molecule has 0 amide bonds. The van der Waals surface area contributed by atoms with E-state index in [1.807, 2.05) is 58.0 Å². The Bertz CT molecular complexity index is 642. The van der Waals surface area contributed by atoms with E-state index >= 15 is 0 Å². The summed E-state index contributed by atoms with van der Waals surface area (Å²) in [4.78, 5) is 1.25. The number of rotatable bonds is 7. The van der Waals surface area contributed by atoms with Crippen molar-refractivity contribution in [1.29, 1.82) is 0 Å². The van der Waals surface area contributed by atoms with Crippen LogP contribution in [-0.4, -0.2) is 29.8 Å². The molecule has 3 nitrogen and oxygen atoms in total. The minimum Gasteiger partial charge on any atom is -0.411 e. The number of aliphatic hydroxyl groups excluding tert-OH is 1. The Morgan fingerprint density at radius 3 is 2.08 bits per heavy atom. The fraction of sp³-hybridized carbons (Fsp3) is 0.619. The number of hydrogen-bond donors (Lipinski definition) is 1. The first kappa shape index (κ1) is 23.3. The average molecular weight is 397 g/mol. The smallest absolute Gasteiger partial charge is 0.192 e. The fourth-order valence-corrected chi connectivity index (χ4v) is 5.21. The van der Waals surface area contributed by atoms with E-state index in [-0.39, 0.29) is 11.0 Å². The van der Waals surface area contributed by atoms with Crippen molar-refractivity contribution < 1.29 is 13.7 Å². The summed E-state index contributed by atoms with van der Waals surface area (Å²) in [5, 5.41) is 11.0. The predicted molar refractivity (Wildman–Crippen MR) is 114 cm³/mol. The molecule has 0 saturated heterocycles. The summed E-state index contributed by atoms with van der Waals surface area (Å²) in [5.41, 5.74) is 1.12. The van der Waals surface area contributed by atoms with Crippen molar-refractivity contribution in [2.24, 2.45) is 5.92 Å². The molecule has 0 bridgehead atoms. The normalized spacial score (nSPS) is 17.3. The second-order valence-electron chi connectivity index (χ2n) is 8.92. The van der Waals surface area contributed by atoms with Gasteiger partial charge < -0.3 is 9.53 Å². The zero-order valence-corrected chi connectivity index (χ0v) is 19.6. The molecular formula is C21H36O3SSi. The molecule has 1 rings (SSSR count). The quantitative estimate of drug-likeness (QED) is 0.627. The highest BCUT2D eigenvalue weighted by molar-refractivity contribution is 7.89. The van der Waals surface area contributed by atoms with Crippen LogP contribution in [0.5, 0.6) is 0 Å². The molecule has 0 aliphatic carbocycles. The molecule has 3 atom stereocenters. The number of hydrogen-bond acceptors (Lipinski definition) is 3. The number of allylic oxidation sites excluding steroid dienone is 1. The van der Waals surface area contributed by atoms with Gasteiger partial charge in [-0.25, -0.2) is 4.21 Å². The van der Waals surface area contributed by atoms with Gasteiger partial charge in [-0.15, -0.1) is 0 Å². The van der Waals surface area contributed by atoms with Gasteiger partial charge in [-0.2, -0.15) is 0 Å². The lowest BCUT2D eigenvalue weighted by Gasteiger charge is -2.39. The third-order valence-electron chi connectivity index (χ3n) is 4.97. The molecule has 1 aromatic rings. The van der Waals surface area contributed by atoms with E-state index in [9.17, 15) is 9.32 Å². The maximum absolute atomic E-state index is 13.1. The van der Waals surface area contributed by atoms with Gasteiger partial charge in [0.25, 0.3) is 0 Å². The summed E-state index contributed by atoms with van der Waals surface area (Å²) < 4.78 is 19.5. The molecule has 0 aliphatic heterocycles. The zero-order valence-electron chi connectivity index (χ0n) is 17.8. The van der Waals surface area contributed by atoms with E-state index in [0.29, 0.717) is 9.80 Å². The van der Waals surface area contributed by atoms with Crippen LogP contribution >= 0.6 is 0 Å². The summed E-state index contributed by atoms with van der Waals surface area (Å²) in [6.07, 6.45) is 0.607. The molecule has 0 unspecified atom stereocenters. The van der Waals surface area contributed by atoms with Gasteiger partial charge in [0, 0.05) is 9.80 Å².